The molecule has 0 fully saturated rings. The van der Waals surface area contributed by atoms with Gasteiger partial charge in [0.05, 0.1) is 14.4 Å². The summed E-state index contributed by atoms with van der Waals surface area (Å²) in [5, 5.41) is 0. The summed E-state index contributed by atoms with van der Waals surface area (Å²) in [5.41, 5.74) is 0. The molecule has 0 aromatic carbocycles. The third-order valence-corrected chi connectivity index (χ3v) is 2.71. The number of Topliss-reactive ketones (excluding diaryl/α,β-unsaturated/α-hetero) is 1. The number of esters is 1. The number of hydrogen-bond acceptors (Lipinski definition) is 7. The van der Waals surface area contributed by atoms with Crippen molar-refractivity contribution in [3.63, 3.8) is 0 Å². The Morgan fingerprint density at radius 1 is 0.966 bits per heavy atom. The Balaban J connectivity index is -0.00000338. The van der Waals surface area contributed by atoms with E-state index >= 15 is 0 Å². The Kier molecular flexibility index (Phi) is 22.2. The zero-order valence-corrected chi connectivity index (χ0v) is 21.0. The zero-order valence-electron chi connectivity index (χ0n) is 16.1. The van der Waals surface area contributed by atoms with E-state index in [1.807, 2.05) is 5.92 Å². The van der Waals surface area contributed by atoms with E-state index in [2.05, 4.69) is 63.7 Å². The average Bonchev–Trinajstić information content (AvgIpc) is 2.58. The fourth-order valence-electron chi connectivity index (χ4n) is 1.23. The number of hydrogen-bond donors (Lipinski definition) is 0. The quantitative estimate of drug-likeness (QED) is 0.130. The van der Waals surface area contributed by atoms with Gasteiger partial charge in [-0.2, -0.15) is 0 Å². The summed E-state index contributed by atoms with van der Waals surface area (Å²) in [6.45, 7) is 0.595. The first-order valence-electron chi connectivity index (χ1n) is 7.08. The molecular formula is C19H11Na2O7P. The monoisotopic (exact) mass is 428 g/mol. The van der Waals surface area contributed by atoms with Crippen molar-refractivity contribution in [1.82, 2.24) is 0 Å². The maximum Gasteiger partial charge on any atom is 1.00 e. The molecule has 1 atom stereocenters. The molecule has 7 nitrogen and oxygen atoms in total. The van der Waals surface area contributed by atoms with Crippen molar-refractivity contribution in [2.45, 2.75) is 25.9 Å². The van der Waals surface area contributed by atoms with Crippen LogP contribution in [0.5, 0.6) is 0 Å². The van der Waals surface area contributed by atoms with Gasteiger partial charge in [0.25, 0.3) is 0 Å². The summed E-state index contributed by atoms with van der Waals surface area (Å²) in [6, 6.07) is 0. The normalized spacial score (nSPS) is 8.76. The number of terminal acetylenes is 1. The first-order chi connectivity index (χ1) is 12.7. The van der Waals surface area contributed by atoms with E-state index in [1.54, 1.807) is 0 Å². The van der Waals surface area contributed by atoms with Crippen molar-refractivity contribution >= 4 is 19.6 Å². The standard InChI is InChI=1S/C19H13O7P.2Na/c1-3-4-5-6-7-8-9-10-11-12-13-19(21)26-18(15-14-17(2)20)16-25-27(22,23)24;;/h1,18H,14-16H2,2H3,(H2,22,23,24);;/q;2*+1/p-2/t18-;;/m0../s1. The Labute approximate surface area is 214 Å². The Morgan fingerprint density at radius 3 is 1.90 bits per heavy atom. The van der Waals surface area contributed by atoms with Crippen LogP contribution in [0.25, 0.3) is 0 Å². The van der Waals surface area contributed by atoms with E-state index < -0.39 is 26.5 Å². The molecule has 136 valence electrons. The zero-order chi connectivity index (χ0) is 20.5. The third kappa shape index (κ3) is 24.6. The smallest absolute Gasteiger partial charge is 0.790 e. The molecule has 0 saturated heterocycles. The molecule has 0 unspecified atom stereocenters. The van der Waals surface area contributed by atoms with Crippen molar-refractivity contribution in [3.05, 3.63) is 0 Å². The number of phosphoric acid groups is 1. The van der Waals surface area contributed by atoms with Gasteiger partial charge in [-0.1, -0.05) is 0 Å². The fourth-order valence-corrected chi connectivity index (χ4v) is 1.58. The topological polar surface area (TPSA) is 116 Å². The molecule has 0 heterocycles. The largest absolute Gasteiger partial charge is 1.00 e. The van der Waals surface area contributed by atoms with Gasteiger partial charge in [0.1, 0.15) is 11.9 Å². The minimum atomic E-state index is -5.24. The van der Waals surface area contributed by atoms with Crippen LogP contribution >= 0.6 is 7.82 Å². The molecule has 0 saturated carbocycles. The van der Waals surface area contributed by atoms with Gasteiger partial charge in [-0.05, 0) is 72.5 Å². The van der Waals surface area contributed by atoms with Gasteiger partial charge in [-0.3, -0.25) is 0 Å². The van der Waals surface area contributed by atoms with Crippen LogP contribution in [0, 0.1) is 71.5 Å². The summed E-state index contributed by atoms with van der Waals surface area (Å²) < 4.78 is 19.4. The molecule has 0 radical (unpaired) electrons. The van der Waals surface area contributed by atoms with Crippen LogP contribution in [-0.2, 0) is 23.4 Å². The van der Waals surface area contributed by atoms with E-state index in [-0.39, 0.29) is 77.7 Å². The molecule has 0 aliphatic carbocycles. The second kappa shape index (κ2) is 19.9. The van der Waals surface area contributed by atoms with Crippen LogP contribution in [0.1, 0.15) is 19.8 Å². The van der Waals surface area contributed by atoms with E-state index in [0.29, 0.717) is 0 Å². The second-order valence-corrected chi connectivity index (χ2v) is 5.56. The van der Waals surface area contributed by atoms with Crippen molar-refractivity contribution in [2.24, 2.45) is 0 Å². The van der Waals surface area contributed by atoms with Gasteiger partial charge < -0.3 is 28.4 Å². The predicted molar refractivity (Wildman–Crippen MR) is 91.1 cm³/mol. The van der Waals surface area contributed by atoms with Gasteiger partial charge in [-0.25, -0.2) is 4.79 Å². The molecule has 0 rings (SSSR count). The number of phosphoric ester groups is 1. The molecular weight excluding hydrogens is 417 g/mol. The van der Waals surface area contributed by atoms with E-state index in [4.69, 9.17) is 11.2 Å². The number of ketones is 1. The summed E-state index contributed by atoms with van der Waals surface area (Å²) in [5.74, 6) is 23.5. The van der Waals surface area contributed by atoms with E-state index in [0.717, 1.165) is 0 Å². The molecule has 0 aliphatic heterocycles. The van der Waals surface area contributed by atoms with Gasteiger partial charge in [0.2, 0.25) is 0 Å². The van der Waals surface area contributed by atoms with Gasteiger partial charge in [0, 0.05) is 12.3 Å². The van der Waals surface area contributed by atoms with E-state index in [1.165, 1.54) is 6.92 Å². The molecule has 0 amide bonds. The Bertz CT molecular complexity index is 965. The number of carbonyl (C=O) groups excluding carboxylic acids is 2. The second-order valence-electron chi connectivity index (χ2n) is 4.41. The molecule has 0 bridgehead atoms. The van der Waals surface area contributed by atoms with E-state index in [9.17, 15) is 23.9 Å². The van der Waals surface area contributed by atoms with Gasteiger partial charge >= 0.3 is 65.1 Å². The van der Waals surface area contributed by atoms with Crippen LogP contribution in [0.15, 0.2) is 0 Å². The molecule has 0 aromatic rings. The molecule has 0 spiro atoms. The molecule has 0 aromatic heterocycles. The minimum absolute atomic E-state index is 0. The summed E-state index contributed by atoms with van der Waals surface area (Å²) in [6.07, 6.45) is 3.73. The Hall–Kier alpha value is -1.39. The first kappa shape index (κ1) is 32.3. The molecule has 0 N–H and O–H groups in total. The summed E-state index contributed by atoms with van der Waals surface area (Å²) in [4.78, 5) is 43.5. The number of ether oxygens (including phenoxy) is 1. The Morgan fingerprint density at radius 2 is 1.45 bits per heavy atom. The first-order valence-corrected chi connectivity index (χ1v) is 8.54. The summed E-state index contributed by atoms with van der Waals surface area (Å²) >= 11 is 0. The fraction of sp³-hybridized carbons (Fsp3) is 0.263. The van der Waals surface area contributed by atoms with Crippen LogP contribution in [0.3, 0.4) is 0 Å². The van der Waals surface area contributed by atoms with Crippen molar-refractivity contribution < 1.29 is 92.3 Å². The van der Waals surface area contributed by atoms with Gasteiger partial charge in [0.15, 0.2) is 0 Å². The van der Waals surface area contributed by atoms with Crippen molar-refractivity contribution in [3.8, 4) is 71.5 Å². The number of rotatable bonds is 7. The predicted octanol–water partition coefficient (Wildman–Crippen LogP) is -7.23. The molecule has 0 aliphatic rings. The van der Waals surface area contributed by atoms with Crippen molar-refractivity contribution in [1.29, 1.82) is 0 Å². The van der Waals surface area contributed by atoms with Crippen molar-refractivity contribution in [2.75, 3.05) is 6.61 Å². The third-order valence-electron chi connectivity index (χ3n) is 2.25. The molecule has 10 heteroatoms. The van der Waals surface area contributed by atoms with Crippen LogP contribution in [-0.4, -0.2) is 24.5 Å². The maximum atomic E-state index is 11.5. The maximum absolute atomic E-state index is 11.5. The summed E-state index contributed by atoms with van der Waals surface area (Å²) in [7, 11) is -5.24. The number of carbonyl (C=O) groups is 2. The van der Waals surface area contributed by atoms with Crippen LogP contribution in [0.2, 0.25) is 0 Å². The SMILES string of the molecule is C#CC#CC#CC#CC#CC#CC(=O)O[C@@H](CCC(C)=O)COP(=O)([O-])[O-].[Na+].[Na+]. The van der Waals surface area contributed by atoms with Crippen LogP contribution < -0.4 is 68.9 Å². The molecule has 29 heavy (non-hydrogen) atoms. The average molecular weight is 428 g/mol. The minimum Gasteiger partial charge on any atom is -0.790 e. The van der Waals surface area contributed by atoms with Gasteiger partial charge in [-0.15, -0.1) is 6.42 Å². The van der Waals surface area contributed by atoms with Crippen LogP contribution in [0.4, 0.5) is 0 Å².